The molecule has 1 aliphatic rings. The number of nitrogens with one attached hydrogen (secondary N) is 2. The third kappa shape index (κ3) is 3.20. The molecule has 1 aliphatic heterocycles. The Bertz CT molecular complexity index is 563. The molecule has 1 aromatic rings. The van der Waals surface area contributed by atoms with Gasteiger partial charge in [0.2, 0.25) is 5.91 Å². The van der Waals surface area contributed by atoms with Gasteiger partial charge in [0.25, 0.3) is 0 Å². The predicted octanol–water partition coefficient (Wildman–Crippen LogP) is 1.31. The van der Waals surface area contributed by atoms with Gasteiger partial charge in [0.1, 0.15) is 0 Å². The van der Waals surface area contributed by atoms with Gasteiger partial charge in [0.15, 0.2) is 5.11 Å². The van der Waals surface area contributed by atoms with Crippen molar-refractivity contribution in [3.63, 3.8) is 0 Å². The van der Waals surface area contributed by atoms with E-state index in [0.29, 0.717) is 16.4 Å². The minimum atomic E-state index is -0.456. The van der Waals surface area contributed by atoms with E-state index in [1.165, 1.54) is 0 Å². The van der Waals surface area contributed by atoms with Crippen molar-refractivity contribution in [1.29, 1.82) is 0 Å². The molecule has 0 bridgehead atoms. The van der Waals surface area contributed by atoms with E-state index in [1.54, 1.807) is 6.92 Å². The number of thiocarbonyl (C=S) groups is 1. The van der Waals surface area contributed by atoms with Crippen LogP contribution in [0.3, 0.4) is 0 Å². The van der Waals surface area contributed by atoms with Gasteiger partial charge in [0, 0.05) is 5.70 Å². The predicted molar refractivity (Wildman–Crippen MR) is 80.0 cm³/mol. The largest absolute Gasteiger partial charge is 0.366 e. The lowest BCUT2D eigenvalue weighted by Crippen LogP contribution is -2.49. The van der Waals surface area contributed by atoms with E-state index in [9.17, 15) is 4.79 Å². The number of nitrogens with two attached hydrogens (primary N) is 1. The van der Waals surface area contributed by atoms with Gasteiger partial charge < -0.3 is 16.4 Å². The number of amides is 1. The SMILES string of the molecule is CC1=C(C(N)=O)C(C=Cc2ccccc2)NC(=S)N1. The van der Waals surface area contributed by atoms with Crippen LogP contribution in [0.25, 0.3) is 6.08 Å². The smallest absolute Gasteiger partial charge is 0.248 e. The third-order valence-corrected chi connectivity index (χ3v) is 3.07. The van der Waals surface area contributed by atoms with Crippen molar-refractivity contribution in [2.45, 2.75) is 13.0 Å². The number of hydrogen-bond acceptors (Lipinski definition) is 2. The first-order valence-corrected chi connectivity index (χ1v) is 6.30. The summed E-state index contributed by atoms with van der Waals surface area (Å²) in [5, 5.41) is 6.42. The number of benzene rings is 1. The number of rotatable bonds is 3. The van der Waals surface area contributed by atoms with Crippen LogP contribution in [0.5, 0.6) is 0 Å². The molecule has 0 saturated carbocycles. The molecule has 1 unspecified atom stereocenters. The average molecular weight is 273 g/mol. The zero-order chi connectivity index (χ0) is 13.8. The summed E-state index contributed by atoms with van der Waals surface area (Å²) in [5.74, 6) is -0.456. The molecule has 0 radical (unpaired) electrons. The number of carbonyl (C=O) groups excluding carboxylic acids is 1. The molecule has 0 spiro atoms. The fourth-order valence-electron chi connectivity index (χ4n) is 1.97. The molecule has 98 valence electrons. The van der Waals surface area contributed by atoms with Crippen LogP contribution in [0.2, 0.25) is 0 Å². The third-order valence-electron chi connectivity index (χ3n) is 2.85. The second-order valence-electron chi connectivity index (χ2n) is 4.25. The van der Waals surface area contributed by atoms with Crippen LogP contribution < -0.4 is 16.4 Å². The van der Waals surface area contributed by atoms with Crippen LogP contribution in [0, 0.1) is 0 Å². The van der Waals surface area contributed by atoms with E-state index in [2.05, 4.69) is 10.6 Å². The molecule has 0 fully saturated rings. The Morgan fingerprint density at radius 2 is 2.05 bits per heavy atom. The molecule has 0 aliphatic carbocycles. The highest BCUT2D eigenvalue weighted by Crippen LogP contribution is 2.14. The van der Waals surface area contributed by atoms with Crippen molar-refractivity contribution >= 4 is 29.3 Å². The van der Waals surface area contributed by atoms with Crippen molar-refractivity contribution < 1.29 is 4.79 Å². The van der Waals surface area contributed by atoms with Gasteiger partial charge in [-0.3, -0.25) is 4.79 Å². The number of carbonyl (C=O) groups is 1. The summed E-state index contributed by atoms with van der Waals surface area (Å²) in [4.78, 5) is 11.5. The molecule has 1 aromatic carbocycles. The highest BCUT2D eigenvalue weighted by atomic mass is 32.1. The number of primary amides is 1. The van der Waals surface area contributed by atoms with Gasteiger partial charge in [-0.25, -0.2) is 0 Å². The molecule has 19 heavy (non-hydrogen) atoms. The van der Waals surface area contributed by atoms with Crippen LogP contribution in [0.4, 0.5) is 0 Å². The van der Waals surface area contributed by atoms with Crippen LogP contribution in [0.15, 0.2) is 47.7 Å². The summed E-state index contributed by atoms with van der Waals surface area (Å²) in [6.45, 7) is 1.79. The van der Waals surface area contributed by atoms with Crippen LogP contribution >= 0.6 is 12.2 Å². The van der Waals surface area contributed by atoms with Crippen molar-refractivity contribution in [3.05, 3.63) is 53.2 Å². The lowest BCUT2D eigenvalue weighted by molar-refractivity contribution is -0.114. The van der Waals surface area contributed by atoms with Crippen LogP contribution in [-0.4, -0.2) is 17.1 Å². The average Bonchev–Trinajstić information content (AvgIpc) is 2.36. The summed E-state index contributed by atoms with van der Waals surface area (Å²) in [7, 11) is 0. The van der Waals surface area contributed by atoms with Crippen molar-refractivity contribution in [2.75, 3.05) is 0 Å². The molecule has 1 heterocycles. The number of allylic oxidation sites excluding steroid dienone is 1. The molecule has 5 heteroatoms. The summed E-state index contributed by atoms with van der Waals surface area (Å²) in [6, 6.07) is 9.53. The summed E-state index contributed by atoms with van der Waals surface area (Å²) < 4.78 is 0. The van der Waals surface area contributed by atoms with Gasteiger partial charge in [-0.2, -0.15) is 0 Å². The molecular weight excluding hydrogens is 258 g/mol. The molecule has 0 aromatic heterocycles. The topological polar surface area (TPSA) is 67.2 Å². The molecule has 4 N–H and O–H groups in total. The Labute approximate surface area is 117 Å². The minimum Gasteiger partial charge on any atom is -0.366 e. The summed E-state index contributed by atoms with van der Waals surface area (Å²) >= 11 is 5.09. The van der Waals surface area contributed by atoms with Gasteiger partial charge in [0.05, 0.1) is 11.6 Å². The maximum absolute atomic E-state index is 11.5. The zero-order valence-corrected chi connectivity index (χ0v) is 11.3. The second kappa shape index (κ2) is 5.67. The first kappa shape index (κ1) is 13.3. The van der Waals surface area contributed by atoms with Gasteiger partial charge in [-0.1, -0.05) is 42.5 Å². The Morgan fingerprint density at radius 3 is 2.68 bits per heavy atom. The molecule has 4 nitrogen and oxygen atoms in total. The second-order valence-corrected chi connectivity index (χ2v) is 4.66. The van der Waals surface area contributed by atoms with E-state index in [-0.39, 0.29) is 6.04 Å². The Morgan fingerprint density at radius 1 is 1.37 bits per heavy atom. The lowest BCUT2D eigenvalue weighted by atomic mass is 10.0. The molecule has 1 amide bonds. The minimum absolute atomic E-state index is 0.300. The van der Waals surface area contributed by atoms with Gasteiger partial charge >= 0.3 is 0 Å². The first-order valence-electron chi connectivity index (χ1n) is 5.89. The number of hydrogen-bond donors (Lipinski definition) is 3. The van der Waals surface area contributed by atoms with Gasteiger partial charge in [-0.15, -0.1) is 0 Å². The van der Waals surface area contributed by atoms with Gasteiger partial charge in [-0.05, 0) is 24.7 Å². The monoisotopic (exact) mass is 273 g/mol. The first-order chi connectivity index (χ1) is 9.08. The molecular formula is C14H15N3OS. The van der Waals surface area contributed by atoms with E-state index >= 15 is 0 Å². The quantitative estimate of drug-likeness (QED) is 0.726. The Balaban J connectivity index is 2.27. The summed E-state index contributed by atoms with van der Waals surface area (Å²) in [6.07, 6.45) is 3.81. The van der Waals surface area contributed by atoms with E-state index < -0.39 is 5.91 Å². The van der Waals surface area contributed by atoms with Crippen molar-refractivity contribution in [2.24, 2.45) is 5.73 Å². The standard InChI is InChI=1S/C14H15N3OS/c1-9-12(13(15)18)11(17-14(19)16-9)8-7-10-5-3-2-4-6-10/h2-8,11H,1H3,(H2,15,18)(H2,16,17,19). The van der Waals surface area contributed by atoms with Crippen molar-refractivity contribution in [1.82, 2.24) is 10.6 Å². The highest BCUT2D eigenvalue weighted by Gasteiger charge is 2.24. The zero-order valence-electron chi connectivity index (χ0n) is 10.5. The molecule has 2 rings (SSSR count). The van der Waals surface area contributed by atoms with E-state index in [4.69, 9.17) is 18.0 Å². The molecule has 1 atom stereocenters. The Kier molecular flexibility index (Phi) is 3.97. The van der Waals surface area contributed by atoms with Crippen LogP contribution in [0.1, 0.15) is 12.5 Å². The van der Waals surface area contributed by atoms with E-state index in [0.717, 1.165) is 5.56 Å². The Hall–Kier alpha value is -2.14. The normalized spacial score (nSPS) is 19.2. The maximum atomic E-state index is 11.5. The van der Waals surface area contributed by atoms with Crippen molar-refractivity contribution in [3.8, 4) is 0 Å². The fraction of sp³-hybridized carbons (Fsp3) is 0.143. The molecule has 0 saturated heterocycles. The van der Waals surface area contributed by atoms with Crippen LogP contribution in [-0.2, 0) is 4.79 Å². The highest BCUT2D eigenvalue weighted by molar-refractivity contribution is 7.80. The lowest BCUT2D eigenvalue weighted by Gasteiger charge is -2.27. The fourth-order valence-corrected chi connectivity index (χ4v) is 2.25. The van der Waals surface area contributed by atoms with E-state index in [1.807, 2.05) is 42.5 Å². The summed E-state index contributed by atoms with van der Waals surface area (Å²) in [5.41, 5.74) is 7.65. The maximum Gasteiger partial charge on any atom is 0.248 e.